The number of guanidine groups is 1. The zero-order valence-electron chi connectivity index (χ0n) is 9.08. The molecule has 0 aliphatic heterocycles. The predicted octanol–water partition coefficient (Wildman–Crippen LogP) is 0.680. The zero-order chi connectivity index (χ0) is 10.6. The summed E-state index contributed by atoms with van der Waals surface area (Å²) in [6.45, 7) is 2.19. The molecular weight excluding hydrogens is 198 g/mol. The van der Waals surface area contributed by atoms with Crippen LogP contribution in [0.15, 0.2) is 4.99 Å². The lowest BCUT2D eigenvalue weighted by Crippen LogP contribution is -2.34. The number of methoxy groups -OCH3 is 1. The molecule has 0 amide bonds. The van der Waals surface area contributed by atoms with Crippen molar-refractivity contribution in [1.29, 1.82) is 0 Å². The van der Waals surface area contributed by atoms with Gasteiger partial charge in [0.15, 0.2) is 5.96 Å². The maximum absolute atomic E-state index is 5.61. The van der Waals surface area contributed by atoms with E-state index in [4.69, 9.17) is 10.5 Å². The first-order valence-electron chi connectivity index (χ1n) is 4.83. The first-order valence-corrected chi connectivity index (χ1v) is 6.22. The van der Waals surface area contributed by atoms with Gasteiger partial charge >= 0.3 is 0 Å². The van der Waals surface area contributed by atoms with Gasteiger partial charge in [-0.2, -0.15) is 11.8 Å². The van der Waals surface area contributed by atoms with Gasteiger partial charge in [-0.05, 0) is 24.9 Å². The molecule has 0 spiro atoms. The summed E-state index contributed by atoms with van der Waals surface area (Å²) >= 11 is 1.87. The molecule has 0 saturated heterocycles. The molecule has 4 nitrogen and oxygen atoms in total. The van der Waals surface area contributed by atoms with Crippen LogP contribution in [0.4, 0.5) is 0 Å². The van der Waals surface area contributed by atoms with Crippen molar-refractivity contribution < 1.29 is 4.74 Å². The van der Waals surface area contributed by atoms with Crippen molar-refractivity contribution in [2.75, 3.05) is 38.8 Å². The standard InChI is InChI=1S/C9H21N3OS/c1-13-7-6-12-9(10)11-5-3-4-8-14-2/h3-8H2,1-2H3,(H3,10,11,12). The third kappa shape index (κ3) is 9.67. The highest BCUT2D eigenvalue weighted by Gasteiger charge is 1.90. The molecule has 0 radical (unpaired) electrons. The maximum Gasteiger partial charge on any atom is 0.188 e. The van der Waals surface area contributed by atoms with Crippen LogP contribution in [0.3, 0.4) is 0 Å². The van der Waals surface area contributed by atoms with Gasteiger partial charge in [-0.15, -0.1) is 0 Å². The highest BCUT2D eigenvalue weighted by atomic mass is 32.2. The molecule has 0 aromatic carbocycles. The molecule has 0 aliphatic carbocycles. The number of aliphatic imine (C=N–C) groups is 1. The average molecular weight is 219 g/mol. The molecule has 14 heavy (non-hydrogen) atoms. The Balaban J connectivity index is 3.27. The Hall–Kier alpha value is -0.420. The molecule has 0 saturated carbocycles. The number of hydrogen-bond acceptors (Lipinski definition) is 3. The summed E-state index contributed by atoms with van der Waals surface area (Å²) in [5.41, 5.74) is 5.61. The molecular formula is C9H21N3OS. The van der Waals surface area contributed by atoms with Gasteiger partial charge in [0, 0.05) is 20.2 Å². The van der Waals surface area contributed by atoms with Gasteiger partial charge in [0.2, 0.25) is 0 Å². The van der Waals surface area contributed by atoms with Crippen LogP contribution in [0.5, 0.6) is 0 Å². The first kappa shape index (κ1) is 13.6. The molecule has 0 aliphatic rings. The zero-order valence-corrected chi connectivity index (χ0v) is 9.90. The average Bonchev–Trinajstić information content (AvgIpc) is 2.18. The molecule has 0 aromatic heterocycles. The normalized spacial score (nSPS) is 11.7. The molecule has 3 N–H and O–H groups in total. The number of hydrogen-bond donors (Lipinski definition) is 2. The van der Waals surface area contributed by atoms with Crippen LogP contribution in [-0.2, 0) is 4.74 Å². The summed E-state index contributed by atoms with van der Waals surface area (Å²) in [5, 5.41) is 2.97. The van der Waals surface area contributed by atoms with Crippen LogP contribution in [0, 0.1) is 0 Å². The minimum absolute atomic E-state index is 0.520. The van der Waals surface area contributed by atoms with Crippen molar-refractivity contribution in [3.63, 3.8) is 0 Å². The number of unbranched alkanes of at least 4 members (excludes halogenated alkanes) is 1. The van der Waals surface area contributed by atoms with Crippen molar-refractivity contribution in [2.24, 2.45) is 10.7 Å². The Morgan fingerprint density at radius 1 is 1.50 bits per heavy atom. The minimum atomic E-state index is 0.520. The monoisotopic (exact) mass is 219 g/mol. The van der Waals surface area contributed by atoms with E-state index in [1.54, 1.807) is 7.11 Å². The van der Waals surface area contributed by atoms with Crippen molar-refractivity contribution in [2.45, 2.75) is 12.8 Å². The second kappa shape index (κ2) is 10.7. The van der Waals surface area contributed by atoms with E-state index in [9.17, 15) is 0 Å². The van der Waals surface area contributed by atoms with E-state index in [2.05, 4.69) is 16.6 Å². The van der Waals surface area contributed by atoms with Gasteiger partial charge in [-0.3, -0.25) is 4.99 Å². The second-order valence-electron chi connectivity index (χ2n) is 2.89. The smallest absolute Gasteiger partial charge is 0.188 e. The Bertz CT molecular complexity index is 153. The first-order chi connectivity index (χ1) is 6.81. The van der Waals surface area contributed by atoms with Gasteiger partial charge in [0.25, 0.3) is 0 Å². The van der Waals surface area contributed by atoms with E-state index in [0.29, 0.717) is 12.6 Å². The molecule has 0 unspecified atom stereocenters. The van der Waals surface area contributed by atoms with Crippen molar-refractivity contribution in [1.82, 2.24) is 5.32 Å². The fraction of sp³-hybridized carbons (Fsp3) is 0.889. The largest absolute Gasteiger partial charge is 0.383 e. The molecule has 5 heteroatoms. The van der Waals surface area contributed by atoms with E-state index in [1.807, 2.05) is 11.8 Å². The third-order valence-corrected chi connectivity index (χ3v) is 2.35. The van der Waals surface area contributed by atoms with Crippen LogP contribution in [-0.4, -0.2) is 44.8 Å². The lowest BCUT2D eigenvalue weighted by atomic mass is 10.3. The number of thioether (sulfide) groups is 1. The molecule has 84 valence electrons. The van der Waals surface area contributed by atoms with Crippen molar-refractivity contribution in [3.05, 3.63) is 0 Å². The van der Waals surface area contributed by atoms with Crippen molar-refractivity contribution >= 4 is 17.7 Å². The van der Waals surface area contributed by atoms with Gasteiger partial charge in [0.05, 0.1) is 6.61 Å². The van der Waals surface area contributed by atoms with E-state index in [1.165, 1.54) is 12.2 Å². The number of nitrogens with one attached hydrogen (secondary N) is 1. The lowest BCUT2D eigenvalue weighted by Gasteiger charge is -2.04. The van der Waals surface area contributed by atoms with Crippen LogP contribution >= 0.6 is 11.8 Å². The topological polar surface area (TPSA) is 59.6 Å². The summed E-state index contributed by atoms with van der Waals surface area (Å²) in [5.74, 6) is 1.72. The summed E-state index contributed by atoms with van der Waals surface area (Å²) in [7, 11) is 1.66. The summed E-state index contributed by atoms with van der Waals surface area (Å²) in [4.78, 5) is 4.19. The number of ether oxygens (including phenoxy) is 1. The Morgan fingerprint density at radius 3 is 2.93 bits per heavy atom. The van der Waals surface area contributed by atoms with Gasteiger partial charge in [-0.25, -0.2) is 0 Å². The Kier molecular flexibility index (Phi) is 10.3. The number of rotatable bonds is 8. The van der Waals surface area contributed by atoms with E-state index in [0.717, 1.165) is 19.5 Å². The van der Waals surface area contributed by atoms with Gasteiger partial charge in [0.1, 0.15) is 0 Å². The molecule has 0 bridgehead atoms. The van der Waals surface area contributed by atoms with Crippen LogP contribution in [0.25, 0.3) is 0 Å². The van der Waals surface area contributed by atoms with Gasteiger partial charge < -0.3 is 15.8 Å². The lowest BCUT2D eigenvalue weighted by molar-refractivity contribution is 0.204. The fourth-order valence-electron chi connectivity index (χ4n) is 0.895. The molecule has 0 aromatic rings. The quantitative estimate of drug-likeness (QED) is 0.358. The number of nitrogens with zero attached hydrogens (tertiary/aromatic N) is 1. The molecule has 0 rings (SSSR count). The summed E-state index contributed by atoms with van der Waals surface area (Å²) in [6.07, 6.45) is 4.42. The third-order valence-electron chi connectivity index (χ3n) is 1.65. The van der Waals surface area contributed by atoms with E-state index >= 15 is 0 Å². The van der Waals surface area contributed by atoms with Crippen molar-refractivity contribution in [3.8, 4) is 0 Å². The Morgan fingerprint density at radius 2 is 2.29 bits per heavy atom. The van der Waals surface area contributed by atoms with E-state index < -0.39 is 0 Å². The van der Waals surface area contributed by atoms with Gasteiger partial charge in [-0.1, -0.05) is 0 Å². The van der Waals surface area contributed by atoms with Crippen LogP contribution in [0.2, 0.25) is 0 Å². The maximum atomic E-state index is 5.61. The summed E-state index contributed by atoms with van der Waals surface area (Å²) in [6, 6.07) is 0. The summed E-state index contributed by atoms with van der Waals surface area (Å²) < 4.78 is 4.87. The predicted molar refractivity (Wildman–Crippen MR) is 64.0 cm³/mol. The van der Waals surface area contributed by atoms with E-state index in [-0.39, 0.29) is 0 Å². The Labute approximate surface area is 90.7 Å². The molecule has 0 fully saturated rings. The SMILES string of the molecule is COCCNC(N)=NCCCCSC. The highest BCUT2D eigenvalue weighted by molar-refractivity contribution is 7.98. The molecule has 0 atom stereocenters. The highest BCUT2D eigenvalue weighted by Crippen LogP contribution is 1.98. The molecule has 0 heterocycles. The second-order valence-corrected chi connectivity index (χ2v) is 3.87. The van der Waals surface area contributed by atoms with Crippen LogP contribution in [0.1, 0.15) is 12.8 Å². The number of nitrogens with two attached hydrogens (primary N) is 1. The fourth-order valence-corrected chi connectivity index (χ4v) is 1.39. The van der Waals surface area contributed by atoms with Crippen LogP contribution < -0.4 is 11.1 Å². The minimum Gasteiger partial charge on any atom is -0.383 e.